The molecular weight excluding hydrogens is 232 g/mol. The average Bonchev–Trinajstić information content (AvgIpc) is 2.90. The van der Waals surface area contributed by atoms with Gasteiger partial charge in [-0.2, -0.15) is 0 Å². The van der Waals surface area contributed by atoms with Gasteiger partial charge in [-0.1, -0.05) is 12.8 Å². The number of carbonyl (C=O) groups excluding carboxylic acids is 2. The summed E-state index contributed by atoms with van der Waals surface area (Å²) in [5, 5.41) is 3.02. The molecule has 100 valence electrons. The standard InChI is InChI=1S/C13H20N2O3/c16-12-8-15(13(17)11-6-3-7-18-11)10-5-2-1-4-9(10)14-12/h9-11H,1-8H2,(H,14,16). The highest BCUT2D eigenvalue weighted by Crippen LogP contribution is 2.27. The first kappa shape index (κ1) is 12.0. The minimum Gasteiger partial charge on any atom is -0.368 e. The van der Waals surface area contributed by atoms with Crippen molar-refractivity contribution in [3.63, 3.8) is 0 Å². The number of fused-ring (bicyclic) bond motifs is 1. The van der Waals surface area contributed by atoms with E-state index in [2.05, 4.69) is 5.32 Å². The van der Waals surface area contributed by atoms with Crippen LogP contribution in [0.15, 0.2) is 0 Å². The van der Waals surface area contributed by atoms with Gasteiger partial charge >= 0.3 is 0 Å². The molecule has 0 bridgehead atoms. The fourth-order valence-electron chi connectivity index (χ4n) is 3.38. The number of carbonyl (C=O) groups is 2. The second kappa shape index (κ2) is 4.88. The predicted octanol–water partition coefficient (Wildman–Crippen LogP) is 0.435. The Bertz CT molecular complexity index is 352. The Morgan fingerprint density at radius 1 is 1.22 bits per heavy atom. The Balaban J connectivity index is 1.75. The number of piperazine rings is 1. The SMILES string of the molecule is O=C1CN(C(=O)C2CCCO2)C2CCCCC2N1. The van der Waals surface area contributed by atoms with E-state index in [0.717, 1.165) is 38.5 Å². The maximum atomic E-state index is 12.4. The largest absolute Gasteiger partial charge is 0.368 e. The zero-order chi connectivity index (χ0) is 12.5. The molecule has 1 saturated carbocycles. The summed E-state index contributed by atoms with van der Waals surface area (Å²) in [6.45, 7) is 0.879. The first-order valence-electron chi connectivity index (χ1n) is 6.97. The van der Waals surface area contributed by atoms with Crippen molar-refractivity contribution in [2.24, 2.45) is 0 Å². The number of nitrogens with one attached hydrogen (secondary N) is 1. The molecule has 3 rings (SSSR count). The van der Waals surface area contributed by atoms with E-state index in [1.54, 1.807) is 4.90 Å². The van der Waals surface area contributed by atoms with Gasteiger partial charge in [0.25, 0.3) is 5.91 Å². The molecule has 0 aromatic heterocycles. The molecule has 1 N–H and O–H groups in total. The number of rotatable bonds is 1. The minimum atomic E-state index is -0.307. The maximum absolute atomic E-state index is 12.4. The fourth-order valence-corrected chi connectivity index (χ4v) is 3.38. The van der Waals surface area contributed by atoms with Gasteiger partial charge in [0.1, 0.15) is 6.10 Å². The Morgan fingerprint density at radius 2 is 2.06 bits per heavy atom. The van der Waals surface area contributed by atoms with Crippen molar-refractivity contribution in [1.29, 1.82) is 0 Å². The minimum absolute atomic E-state index is 0.0236. The average molecular weight is 252 g/mol. The molecule has 3 aliphatic rings. The smallest absolute Gasteiger partial charge is 0.252 e. The van der Waals surface area contributed by atoms with Gasteiger partial charge in [0, 0.05) is 12.6 Å². The van der Waals surface area contributed by atoms with Crippen molar-refractivity contribution in [3.05, 3.63) is 0 Å². The van der Waals surface area contributed by atoms with Crippen molar-refractivity contribution < 1.29 is 14.3 Å². The summed E-state index contributed by atoms with van der Waals surface area (Å²) in [7, 11) is 0. The fraction of sp³-hybridized carbons (Fsp3) is 0.846. The van der Waals surface area contributed by atoms with E-state index in [-0.39, 0.29) is 36.5 Å². The van der Waals surface area contributed by atoms with Gasteiger partial charge in [-0.05, 0) is 25.7 Å². The van der Waals surface area contributed by atoms with E-state index in [9.17, 15) is 9.59 Å². The van der Waals surface area contributed by atoms with Crippen LogP contribution < -0.4 is 5.32 Å². The van der Waals surface area contributed by atoms with Crippen LogP contribution in [0.4, 0.5) is 0 Å². The first-order chi connectivity index (χ1) is 8.75. The van der Waals surface area contributed by atoms with Crippen LogP contribution in [0, 0.1) is 0 Å². The van der Waals surface area contributed by atoms with E-state index < -0.39 is 0 Å². The number of ether oxygens (including phenoxy) is 1. The van der Waals surface area contributed by atoms with Crippen LogP contribution in [-0.2, 0) is 14.3 Å². The molecule has 2 amide bonds. The molecule has 2 aliphatic heterocycles. The van der Waals surface area contributed by atoms with Crippen LogP contribution in [0.5, 0.6) is 0 Å². The Morgan fingerprint density at radius 3 is 2.83 bits per heavy atom. The van der Waals surface area contributed by atoms with Crippen LogP contribution in [0.3, 0.4) is 0 Å². The third kappa shape index (κ3) is 2.11. The number of nitrogens with zero attached hydrogens (tertiary/aromatic N) is 1. The monoisotopic (exact) mass is 252 g/mol. The van der Waals surface area contributed by atoms with Gasteiger partial charge in [-0.15, -0.1) is 0 Å². The van der Waals surface area contributed by atoms with Gasteiger partial charge in [-0.25, -0.2) is 0 Å². The van der Waals surface area contributed by atoms with Gasteiger partial charge in [0.05, 0.1) is 12.6 Å². The summed E-state index contributed by atoms with van der Waals surface area (Å²) in [5.74, 6) is 0.00347. The van der Waals surface area contributed by atoms with Crippen molar-refractivity contribution in [2.75, 3.05) is 13.2 Å². The molecule has 5 heteroatoms. The lowest BCUT2D eigenvalue weighted by molar-refractivity contribution is -0.151. The summed E-state index contributed by atoms with van der Waals surface area (Å²) in [4.78, 5) is 25.9. The van der Waals surface area contributed by atoms with Gasteiger partial charge in [0.2, 0.25) is 5.91 Å². The Kier molecular flexibility index (Phi) is 3.24. The number of amides is 2. The zero-order valence-corrected chi connectivity index (χ0v) is 10.6. The molecule has 5 nitrogen and oxygen atoms in total. The third-order valence-corrected chi connectivity index (χ3v) is 4.28. The van der Waals surface area contributed by atoms with Crippen LogP contribution in [0.1, 0.15) is 38.5 Å². The Labute approximate surface area is 107 Å². The van der Waals surface area contributed by atoms with Crippen LogP contribution in [-0.4, -0.2) is 48.1 Å². The summed E-state index contributed by atoms with van der Waals surface area (Å²) >= 11 is 0. The van der Waals surface area contributed by atoms with Gasteiger partial charge in [0.15, 0.2) is 0 Å². The van der Waals surface area contributed by atoms with E-state index in [4.69, 9.17) is 4.74 Å². The normalized spacial score (nSPS) is 36.1. The summed E-state index contributed by atoms with van der Waals surface area (Å²) < 4.78 is 5.46. The highest BCUT2D eigenvalue weighted by atomic mass is 16.5. The lowest BCUT2D eigenvalue weighted by Crippen LogP contribution is -2.64. The predicted molar refractivity (Wildman–Crippen MR) is 64.9 cm³/mol. The molecule has 3 fully saturated rings. The van der Waals surface area contributed by atoms with E-state index in [1.807, 2.05) is 0 Å². The van der Waals surface area contributed by atoms with Gasteiger partial charge in [-0.3, -0.25) is 9.59 Å². The topological polar surface area (TPSA) is 58.6 Å². The second-order valence-corrected chi connectivity index (χ2v) is 5.49. The first-order valence-corrected chi connectivity index (χ1v) is 6.97. The Hall–Kier alpha value is -1.10. The molecule has 18 heavy (non-hydrogen) atoms. The molecule has 0 spiro atoms. The molecule has 2 saturated heterocycles. The van der Waals surface area contributed by atoms with E-state index in [1.165, 1.54) is 0 Å². The summed E-state index contributed by atoms with van der Waals surface area (Å²) in [6.07, 6.45) is 5.72. The maximum Gasteiger partial charge on any atom is 0.252 e. The van der Waals surface area contributed by atoms with Crippen LogP contribution in [0.25, 0.3) is 0 Å². The molecule has 3 atom stereocenters. The highest BCUT2D eigenvalue weighted by Gasteiger charge is 2.41. The number of hydrogen-bond donors (Lipinski definition) is 1. The second-order valence-electron chi connectivity index (χ2n) is 5.49. The summed E-state index contributed by atoms with van der Waals surface area (Å²) in [6, 6.07) is 0.346. The summed E-state index contributed by atoms with van der Waals surface area (Å²) in [5.41, 5.74) is 0. The molecule has 0 aromatic carbocycles. The van der Waals surface area contributed by atoms with Crippen LogP contribution >= 0.6 is 0 Å². The van der Waals surface area contributed by atoms with E-state index >= 15 is 0 Å². The van der Waals surface area contributed by atoms with Crippen LogP contribution in [0.2, 0.25) is 0 Å². The van der Waals surface area contributed by atoms with Gasteiger partial charge < -0.3 is 15.0 Å². The third-order valence-electron chi connectivity index (χ3n) is 4.28. The molecule has 2 heterocycles. The zero-order valence-electron chi connectivity index (χ0n) is 10.6. The molecule has 1 aliphatic carbocycles. The molecule has 0 aromatic rings. The highest BCUT2D eigenvalue weighted by molar-refractivity contribution is 5.88. The van der Waals surface area contributed by atoms with E-state index in [0.29, 0.717) is 6.61 Å². The number of hydrogen-bond acceptors (Lipinski definition) is 3. The van der Waals surface area contributed by atoms with Crippen molar-refractivity contribution in [2.45, 2.75) is 56.7 Å². The van der Waals surface area contributed by atoms with Crippen molar-refractivity contribution in [1.82, 2.24) is 10.2 Å². The molecule has 3 unspecified atom stereocenters. The lowest BCUT2D eigenvalue weighted by atomic mass is 9.87. The van der Waals surface area contributed by atoms with Crippen molar-refractivity contribution >= 4 is 11.8 Å². The quantitative estimate of drug-likeness (QED) is 0.736. The lowest BCUT2D eigenvalue weighted by Gasteiger charge is -2.44. The molecular formula is C13H20N2O3. The van der Waals surface area contributed by atoms with Crippen molar-refractivity contribution in [3.8, 4) is 0 Å². The molecule has 0 radical (unpaired) electrons.